The van der Waals surface area contributed by atoms with Crippen molar-refractivity contribution in [3.63, 3.8) is 0 Å². The van der Waals surface area contributed by atoms with Gasteiger partial charge >= 0.3 is 0 Å². The quantitative estimate of drug-likeness (QED) is 0.849. The third-order valence-corrected chi connectivity index (χ3v) is 2.93. The number of anilines is 1. The van der Waals surface area contributed by atoms with Crippen LogP contribution in [0, 0.1) is 0 Å². The van der Waals surface area contributed by atoms with E-state index in [0.29, 0.717) is 6.42 Å². The van der Waals surface area contributed by atoms with Crippen LogP contribution >= 0.6 is 0 Å². The number of carbonyl (C=O) groups excluding carboxylic acids is 1. The van der Waals surface area contributed by atoms with Crippen molar-refractivity contribution in [3.8, 4) is 11.1 Å². The summed E-state index contributed by atoms with van der Waals surface area (Å²) in [5, 5.41) is 6.69. The molecular weight excluding hydrogens is 216 g/mol. The van der Waals surface area contributed by atoms with E-state index in [9.17, 15) is 4.79 Å². The van der Waals surface area contributed by atoms with Crippen LogP contribution < -0.4 is 4.90 Å². The van der Waals surface area contributed by atoms with Crippen LogP contribution in [-0.4, -0.2) is 27.6 Å². The molecule has 5 heteroatoms. The summed E-state index contributed by atoms with van der Waals surface area (Å²) in [4.78, 5) is 17.6. The molecule has 1 N–H and O–H groups in total. The monoisotopic (exact) mass is 228 g/mol. The predicted molar refractivity (Wildman–Crippen MR) is 63.4 cm³/mol. The normalized spacial score (nSPS) is 15.5. The van der Waals surface area contributed by atoms with Crippen LogP contribution in [0.3, 0.4) is 0 Å². The molecule has 0 atom stereocenters. The first-order valence-electron chi connectivity index (χ1n) is 5.60. The maximum atomic E-state index is 11.6. The van der Waals surface area contributed by atoms with Gasteiger partial charge in [0.1, 0.15) is 5.82 Å². The van der Waals surface area contributed by atoms with Crippen molar-refractivity contribution in [1.29, 1.82) is 0 Å². The molecule has 1 saturated heterocycles. The first-order chi connectivity index (χ1) is 8.34. The number of aromatic nitrogens is 3. The molecule has 0 unspecified atom stereocenters. The fourth-order valence-corrected chi connectivity index (χ4v) is 2.04. The number of H-pyrrole nitrogens is 1. The Bertz CT molecular complexity index is 535. The molecule has 1 amide bonds. The van der Waals surface area contributed by atoms with Gasteiger partial charge in [-0.15, -0.1) is 0 Å². The van der Waals surface area contributed by atoms with Gasteiger partial charge in [0.25, 0.3) is 0 Å². The zero-order chi connectivity index (χ0) is 11.7. The average molecular weight is 228 g/mol. The Kier molecular flexibility index (Phi) is 2.36. The topological polar surface area (TPSA) is 61.9 Å². The van der Waals surface area contributed by atoms with E-state index in [1.165, 1.54) is 0 Å². The van der Waals surface area contributed by atoms with Crippen molar-refractivity contribution in [1.82, 2.24) is 15.2 Å². The first kappa shape index (κ1) is 10.0. The molecule has 1 aliphatic rings. The maximum absolute atomic E-state index is 11.6. The highest BCUT2D eigenvalue weighted by Crippen LogP contribution is 2.24. The van der Waals surface area contributed by atoms with E-state index >= 15 is 0 Å². The second kappa shape index (κ2) is 4.01. The van der Waals surface area contributed by atoms with E-state index in [1.807, 2.05) is 18.3 Å². The van der Waals surface area contributed by atoms with Crippen LogP contribution in [0.15, 0.2) is 30.7 Å². The van der Waals surface area contributed by atoms with Crippen LogP contribution in [0.2, 0.25) is 0 Å². The summed E-state index contributed by atoms with van der Waals surface area (Å²) in [5.74, 6) is 0.882. The van der Waals surface area contributed by atoms with Crippen LogP contribution in [0.25, 0.3) is 11.1 Å². The lowest BCUT2D eigenvalue weighted by Crippen LogP contribution is -2.24. The minimum Gasteiger partial charge on any atom is -0.297 e. The zero-order valence-corrected chi connectivity index (χ0v) is 9.26. The van der Waals surface area contributed by atoms with Crippen molar-refractivity contribution in [2.75, 3.05) is 11.4 Å². The van der Waals surface area contributed by atoms with Crippen LogP contribution in [0.4, 0.5) is 5.82 Å². The van der Waals surface area contributed by atoms with Gasteiger partial charge in [-0.1, -0.05) is 0 Å². The lowest BCUT2D eigenvalue weighted by atomic mass is 10.1. The molecule has 0 bridgehead atoms. The van der Waals surface area contributed by atoms with Gasteiger partial charge < -0.3 is 0 Å². The molecule has 5 nitrogen and oxygen atoms in total. The van der Waals surface area contributed by atoms with Gasteiger partial charge in [0.15, 0.2) is 0 Å². The number of rotatable bonds is 2. The number of aromatic amines is 1. The van der Waals surface area contributed by atoms with Gasteiger partial charge in [0.05, 0.1) is 6.20 Å². The Hall–Kier alpha value is -2.17. The van der Waals surface area contributed by atoms with Crippen LogP contribution in [0.1, 0.15) is 12.8 Å². The lowest BCUT2D eigenvalue weighted by molar-refractivity contribution is -0.117. The molecule has 17 heavy (non-hydrogen) atoms. The summed E-state index contributed by atoms with van der Waals surface area (Å²) in [5.41, 5.74) is 2.02. The highest BCUT2D eigenvalue weighted by molar-refractivity contribution is 5.94. The Labute approximate surface area is 98.5 Å². The van der Waals surface area contributed by atoms with E-state index in [2.05, 4.69) is 15.2 Å². The van der Waals surface area contributed by atoms with Gasteiger partial charge in [-0.3, -0.25) is 14.8 Å². The van der Waals surface area contributed by atoms with Crippen molar-refractivity contribution < 1.29 is 4.79 Å². The van der Waals surface area contributed by atoms with Gasteiger partial charge in [-0.2, -0.15) is 5.10 Å². The predicted octanol–water partition coefficient (Wildman–Crippen LogP) is 1.60. The standard InChI is InChI=1S/C12H12N4O/c17-12-2-1-5-16(12)11-6-9(3-4-13-11)10-7-14-15-8-10/h3-4,6-8H,1-2,5H2,(H,14,15). The Morgan fingerprint density at radius 1 is 1.35 bits per heavy atom. The largest absolute Gasteiger partial charge is 0.297 e. The third-order valence-electron chi connectivity index (χ3n) is 2.93. The number of hydrogen-bond donors (Lipinski definition) is 1. The number of nitrogens with zero attached hydrogens (tertiary/aromatic N) is 3. The molecule has 2 aromatic heterocycles. The van der Waals surface area contributed by atoms with E-state index in [1.54, 1.807) is 17.3 Å². The van der Waals surface area contributed by atoms with Crippen LogP contribution in [0.5, 0.6) is 0 Å². The van der Waals surface area contributed by atoms with E-state index in [-0.39, 0.29) is 5.91 Å². The molecule has 1 aliphatic heterocycles. The third kappa shape index (κ3) is 1.80. The Balaban J connectivity index is 1.97. The molecule has 3 rings (SSSR count). The second-order valence-corrected chi connectivity index (χ2v) is 4.04. The number of amides is 1. The first-order valence-corrected chi connectivity index (χ1v) is 5.60. The maximum Gasteiger partial charge on any atom is 0.228 e. The molecule has 1 fully saturated rings. The van der Waals surface area contributed by atoms with Gasteiger partial charge in [-0.25, -0.2) is 4.98 Å². The van der Waals surface area contributed by atoms with Crippen molar-refractivity contribution >= 4 is 11.7 Å². The fraction of sp³-hybridized carbons (Fsp3) is 0.250. The molecule has 3 heterocycles. The second-order valence-electron chi connectivity index (χ2n) is 4.04. The van der Waals surface area contributed by atoms with E-state index in [4.69, 9.17) is 0 Å². The van der Waals surface area contributed by atoms with Crippen molar-refractivity contribution in [2.24, 2.45) is 0 Å². The molecule has 0 aliphatic carbocycles. The summed E-state index contributed by atoms with van der Waals surface area (Å²) in [6.45, 7) is 0.765. The molecule has 86 valence electrons. The van der Waals surface area contributed by atoms with Gasteiger partial charge in [-0.05, 0) is 24.1 Å². The highest BCUT2D eigenvalue weighted by Gasteiger charge is 2.22. The van der Waals surface area contributed by atoms with E-state index in [0.717, 1.165) is 29.9 Å². The smallest absolute Gasteiger partial charge is 0.228 e. The zero-order valence-electron chi connectivity index (χ0n) is 9.26. The minimum atomic E-state index is 0.154. The number of carbonyl (C=O) groups is 1. The Morgan fingerprint density at radius 3 is 3.00 bits per heavy atom. The van der Waals surface area contributed by atoms with Gasteiger partial charge in [0, 0.05) is 30.9 Å². The fourth-order valence-electron chi connectivity index (χ4n) is 2.04. The molecule has 2 aromatic rings. The molecule has 0 spiro atoms. The SMILES string of the molecule is O=C1CCCN1c1cc(-c2cn[nH]c2)ccn1. The van der Waals surface area contributed by atoms with Crippen molar-refractivity contribution in [2.45, 2.75) is 12.8 Å². The molecular formula is C12H12N4O. The summed E-state index contributed by atoms with van der Waals surface area (Å²) >= 11 is 0. The number of pyridine rings is 1. The Morgan fingerprint density at radius 2 is 2.29 bits per heavy atom. The summed E-state index contributed by atoms with van der Waals surface area (Å²) in [6, 6.07) is 3.84. The lowest BCUT2D eigenvalue weighted by Gasteiger charge is -2.14. The van der Waals surface area contributed by atoms with Crippen molar-refractivity contribution in [3.05, 3.63) is 30.7 Å². The summed E-state index contributed by atoms with van der Waals surface area (Å²) in [6.07, 6.45) is 6.84. The summed E-state index contributed by atoms with van der Waals surface area (Å²) in [7, 11) is 0. The highest BCUT2D eigenvalue weighted by atomic mass is 16.2. The molecule has 0 saturated carbocycles. The van der Waals surface area contributed by atoms with Gasteiger partial charge in [0.2, 0.25) is 5.91 Å². The molecule has 0 radical (unpaired) electrons. The van der Waals surface area contributed by atoms with Crippen LogP contribution in [-0.2, 0) is 4.79 Å². The van der Waals surface area contributed by atoms with E-state index < -0.39 is 0 Å². The number of hydrogen-bond acceptors (Lipinski definition) is 3. The average Bonchev–Trinajstić information content (AvgIpc) is 2.99. The minimum absolute atomic E-state index is 0.154. The molecule has 0 aromatic carbocycles. The number of nitrogens with one attached hydrogen (secondary N) is 1. The summed E-state index contributed by atoms with van der Waals surface area (Å²) < 4.78 is 0.